The summed E-state index contributed by atoms with van der Waals surface area (Å²) in [5.74, 6) is 1.13. The zero-order valence-electron chi connectivity index (χ0n) is 16.0. The van der Waals surface area contributed by atoms with Crippen molar-refractivity contribution in [3.05, 3.63) is 87.2 Å². The molecular weight excluding hydrogens is 386 g/mol. The molecular formula is C23H19NO4S. The summed E-state index contributed by atoms with van der Waals surface area (Å²) in [6, 6.07) is 17.4. The molecule has 0 N–H and O–H groups in total. The zero-order chi connectivity index (χ0) is 20.2. The highest BCUT2D eigenvalue weighted by Crippen LogP contribution is 2.29. The molecule has 2 aromatic carbocycles. The van der Waals surface area contributed by atoms with Crippen molar-refractivity contribution in [2.24, 2.45) is 4.99 Å². The summed E-state index contributed by atoms with van der Waals surface area (Å²) in [5.41, 5.74) is 3.17. The highest BCUT2D eigenvalue weighted by atomic mass is 32.1. The molecule has 0 unspecified atom stereocenters. The first-order valence-electron chi connectivity index (χ1n) is 9.05. The van der Waals surface area contributed by atoms with E-state index in [1.54, 1.807) is 13.2 Å². The van der Waals surface area contributed by atoms with Crippen LogP contribution in [0.1, 0.15) is 21.6 Å². The monoisotopic (exact) mass is 405 g/mol. The highest BCUT2D eigenvalue weighted by molar-refractivity contribution is 7.12. The topological polar surface area (TPSA) is 57.1 Å². The largest absolute Gasteiger partial charge is 0.497 e. The molecule has 0 atom stereocenters. The van der Waals surface area contributed by atoms with E-state index in [4.69, 9.17) is 14.2 Å². The molecule has 146 valence electrons. The number of aryl methyl sites for hydroxylation is 1. The van der Waals surface area contributed by atoms with Crippen LogP contribution in [0.5, 0.6) is 11.5 Å². The highest BCUT2D eigenvalue weighted by Gasteiger charge is 2.25. The molecule has 3 aromatic rings. The molecule has 1 aliphatic rings. The van der Waals surface area contributed by atoms with Gasteiger partial charge in [0.15, 0.2) is 5.70 Å². The standard InChI is InChI=1S/C23H19NO4S/c1-15-5-7-16(8-6-15)14-27-20-10-9-18(26-2)12-17(20)13-19-23(25)28-22(24-19)21-4-3-11-29-21/h3-13H,14H2,1-2H3/b19-13-. The summed E-state index contributed by atoms with van der Waals surface area (Å²) in [6.45, 7) is 2.46. The van der Waals surface area contributed by atoms with Gasteiger partial charge >= 0.3 is 5.97 Å². The maximum atomic E-state index is 12.3. The third-order valence-corrected chi connectivity index (χ3v) is 5.23. The number of rotatable bonds is 6. The number of aliphatic imine (C=N–C) groups is 1. The van der Waals surface area contributed by atoms with Crippen LogP contribution in [0.4, 0.5) is 0 Å². The second-order valence-electron chi connectivity index (χ2n) is 6.49. The van der Waals surface area contributed by atoms with E-state index in [0.717, 1.165) is 10.4 Å². The Kier molecular flexibility index (Phi) is 5.44. The normalized spacial score (nSPS) is 14.6. The molecule has 0 saturated heterocycles. The Balaban J connectivity index is 1.62. The number of methoxy groups -OCH3 is 1. The maximum absolute atomic E-state index is 12.3. The minimum absolute atomic E-state index is 0.224. The van der Waals surface area contributed by atoms with Crippen molar-refractivity contribution >= 4 is 29.3 Å². The maximum Gasteiger partial charge on any atom is 0.363 e. The van der Waals surface area contributed by atoms with Gasteiger partial charge in [0, 0.05) is 5.56 Å². The smallest absolute Gasteiger partial charge is 0.363 e. The summed E-state index contributed by atoms with van der Waals surface area (Å²) in [4.78, 5) is 17.4. The fraction of sp³-hybridized carbons (Fsp3) is 0.130. The second-order valence-corrected chi connectivity index (χ2v) is 7.44. The van der Waals surface area contributed by atoms with Crippen LogP contribution in [0.3, 0.4) is 0 Å². The Morgan fingerprint density at radius 3 is 2.69 bits per heavy atom. The number of carbonyl (C=O) groups is 1. The van der Waals surface area contributed by atoms with E-state index in [9.17, 15) is 4.79 Å². The summed E-state index contributed by atoms with van der Waals surface area (Å²) in [7, 11) is 1.59. The van der Waals surface area contributed by atoms with Crippen LogP contribution in [0.2, 0.25) is 0 Å². The number of thiophene rings is 1. The number of ether oxygens (including phenoxy) is 3. The minimum atomic E-state index is -0.485. The lowest BCUT2D eigenvalue weighted by Crippen LogP contribution is -2.03. The number of hydrogen-bond acceptors (Lipinski definition) is 6. The van der Waals surface area contributed by atoms with E-state index in [1.165, 1.54) is 16.9 Å². The second kappa shape index (κ2) is 8.32. The molecule has 0 bridgehead atoms. The Hall–Kier alpha value is -3.38. The predicted molar refractivity (Wildman–Crippen MR) is 113 cm³/mol. The number of hydrogen-bond donors (Lipinski definition) is 0. The van der Waals surface area contributed by atoms with Crippen molar-refractivity contribution in [2.75, 3.05) is 7.11 Å². The lowest BCUT2D eigenvalue weighted by Gasteiger charge is -2.11. The van der Waals surface area contributed by atoms with Gasteiger partial charge in [-0.2, -0.15) is 0 Å². The van der Waals surface area contributed by atoms with E-state index < -0.39 is 5.97 Å². The molecule has 5 nitrogen and oxygen atoms in total. The molecule has 0 amide bonds. The number of carbonyl (C=O) groups excluding carboxylic acids is 1. The van der Waals surface area contributed by atoms with Gasteiger partial charge in [0.25, 0.3) is 0 Å². The fourth-order valence-corrected chi connectivity index (χ4v) is 3.45. The van der Waals surface area contributed by atoms with Crippen LogP contribution < -0.4 is 9.47 Å². The zero-order valence-corrected chi connectivity index (χ0v) is 16.9. The molecule has 1 aromatic heterocycles. The lowest BCUT2D eigenvalue weighted by molar-refractivity contribution is -0.129. The molecule has 2 heterocycles. The van der Waals surface area contributed by atoms with E-state index >= 15 is 0 Å². The molecule has 0 spiro atoms. The van der Waals surface area contributed by atoms with E-state index in [-0.39, 0.29) is 5.70 Å². The number of esters is 1. The summed E-state index contributed by atoms with van der Waals surface area (Å²) in [5, 5.41) is 1.91. The minimum Gasteiger partial charge on any atom is -0.497 e. The van der Waals surface area contributed by atoms with Gasteiger partial charge in [-0.3, -0.25) is 0 Å². The van der Waals surface area contributed by atoms with Gasteiger partial charge in [-0.15, -0.1) is 11.3 Å². The molecule has 0 aliphatic carbocycles. The van der Waals surface area contributed by atoms with Crippen molar-refractivity contribution < 1.29 is 19.0 Å². The predicted octanol–water partition coefficient (Wildman–Crippen LogP) is 4.99. The van der Waals surface area contributed by atoms with Crippen LogP contribution in [0, 0.1) is 6.92 Å². The first-order chi connectivity index (χ1) is 14.1. The average Bonchev–Trinajstić information content (AvgIpc) is 3.38. The molecule has 6 heteroatoms. The Morgan fingerprint density at radius 2 is 1.97 bits per heavy atom. The first kappa shape index (κ1) is 19.0. The Labute approximate surface area is 172 Å². The van der Waals surface area contributed by atoms with Gasteiger partial charge in [0.2, 0.25) is 5.90 Å². The molecule has 0 saturated carbocycles. The van der Waals surface area contributed by atoms with Crippen molar-refractivity contribution in [1.82, 2.24) is 0 Å². The van der Waals surface area contributed by atoms with Gasteiger partial charge in [0.1, 0.15) is 18.1 Å². The SMILES string of the molecule is COc1ccc(OCc2ccc(C)cc2)c(/C=C2\N=C(c3cccs3)OC2=O)c1. The van der Waals surface area contributed by atoms with Crippen molar-refractivity contribution in [1.29, 1.82) is 0 Å². The summed E-state index contributed by atoms with van der Waals surface area (Å²) >= 11 is 1.47. The van der Waals surface area contributed by atoms with E-state index in [1.807, 2.05) is 66.9 Å². The van der Waals surface area contributed by atoms with Gasteiger partial charge in [0.05, 0.1) is 12.0 Å². The van der Waals surface area contributed by atoms with Crippen LogP contribution in [-0.4, -0.2) is 19.0 Å². The molecule has 4 rings (SSSR count). The third kappa shape index (κ3) is 4.38. The van der Waals surface area contributed by atoms with Crippen LogP contribution >= 0.6 is 11.3 Å². The van der Waals surface area contributed by atoms with Gasteiger partial charge < -0.3 is 14.2 Å². The molecule has 0 radical (unpaired) electrons. The Bertz CT molecular complexity index is 1080. The number of cyclic esters (lactones) is 1. The number of benzene rings is 2. The van der Waals surface area contributed by atoms with Gasteiger partial charge in [-0.25, -0.2) is 9.79 Å². The first-order valence-corrected chi connectivity index (χ1v) is 9.93. The van der Waals surface area contributed by atoms with E-state index in [2.05, 4.69) is 4.99 Å². The third-order valence-electron chi connectivity index (χ3n) is 4.38. The van der Waals surface area contributed by atoms with Crippen LogP contribution in [0.25, 0.3) is 6.08 Å². The van der Waals surface area contributed by atoms with Crippen molar-refractivity contribution in [3.8, 4) is 11.5 Å². The average molecular weight is 405 g/mol. The van der Waals surface area contributed by atoms with E-state index in [0.29, 0.717) is 29.6 Å². The van der Waals surface area contributed by atoms with Crippen LogP contribution in [0.15, 0.2) is 70.7 Å². The Morgan fingerprint density at radius 1 is 1.14 bits per heavy atom. The fourth-order valence-electron chi connectivity index (χ4n) is 2.81. The van der Waals surface area contributed by atoms with Crippen molar-refractivity contribution in [3.63, 3.8) is 0 Å². The van der Waals surface area contributed by atoms with Gasteiger partial charge in [-0.05, 0) is 48.2 Å². The summed E-state index contributed by atoms with van der Waals surface area (Å²) < 4.78 is 16.6. The van der Waals surface area contributed by atoms with Crippen LogP contribution in [-0.2, 0) is 16.1 Å². The molecule has 0 fully saturated rings. The van der Waals surface area contributed by atoms with Gasteiger partial charge in [-0.1, -0.05) is 35.9 Å². The number of nitrogens with zero attached hydrogens (tertiary/aromatic N) is 1. The van der Waals surface area contributed by atoms with Crippen molar-refractivity contribution in [2.45, 2.75) is 13.5 Å². The quantitative estimate of drug-likeness (QED) is 0.428. The molecule has 1 aliphatic heterocycles. The molecule has 29 heavy (non-hydrogen) atoms. The summed E-state index contributed by atoms with van der Waals surface area (Å²) in [6.07, 6.45) is 1.66. The lowest BCUT2D eigenvalue weighted by atomic mass is 10.1.